The van der Waals surface area contributed by atoms with Gasteiger partial charge in [0.2, 0.25) is 0 Å². The van der Waals surface area contributed by atoms with Gasteiger partial charge in [-0.25, -0.2) is 0 Å². The molecular formula is C30H31ClN8O. The third kappa shape index (κ3) is 5.80. The van der Waals surface area contributed by atoms with E-state index in [0.717, 1.165) is 27.9 Å². The highest BCUT2D eigenvalue weighted by Crippen LogP contribution is 2.37. The number of pyridine rings is 2. The van der Waals surface area contributed by atoms with Crippen molar-refractivity contribution in [1.82, 2.24) is 25.9 Å². The number of ether oxygens (including phenoxy) is 1. The van der Waals surface area contributed by atoms with Crippen LogP contribution >= 0.6 is 11.6 Å². The van der Waals surface area contributed by atoms with Gasteiger partial charge in [-0.3, -0.25) is 15.0 Å². The molecule has 0 aliphatic carbocycles. The Hall–Kier alpha value is -4.36. The Morgan fingerprint density at radius 3 is 2.55 bits per heavy atom. The second-order valence-electron chi connectivity index (χ2n) is 9.76. The van der Waals surface area contributed by atoms with Gasteiger partial charge in [0.1, 0.15) is 6.07 Å². The van der Waals surface area contributed by atoms with E-state index < -0.39 is 0 Å². The second kappa shape index (κ2) is 12.2. The molecule has 4 aromatic rings. The number of benzene rings is 2. The molecule has 0 saturated carbocycles. The minimum absolute atomic E-state index is 0.191. The second-order valence-corrected chi connectivity index (χ2v) is 10.2. The van der Waals surface area contributed by atoms with Crippen molar-refractivity contribution in [3.05, 3.63) is 107 Å². The van der Waals surface area contributed by atoms with E-state index in [9.17, 15) is 5.26 Å². The van der Waals surface area contributed by atoms with Gasteiger partial charge in [0.15, 0.2) is 0 Å². The summed E-state index contributed by atoms with van der Waals surface area (Å²) in [5.41, 5.74) is 11.8. The van der Waals surface area contributed by atoms with Crippen LogP contribution in [0.3, 0.4) is 0 Å². The Bertz CT molecular complexity index is 1540. The number of nitrogens with one attached hydrogen (secondary N) is 4. The smallest absolute Gasteiger partial charge is 0.103 e. The molecule has 2 aromatic carbocycles. The minimum atomic E-state index is -0.257. The van der Waals surface area contributed by atoms with Crippen molar-refractivity contribution in [2.24, 2.45) is 0 Å². The van der Waals surface area contributed by atoms with Gasteiger partial charge in [-0.2, -0.15) is 5.26 Å². The zero-order chi connectivity index (χ0) is 28.1. The molecule has 5 rings (SSSR count). The van der Waals surface area contributed by atoms with Gasteiger partial charge < -0.3 is 20.8 Å². The van der Waals surface area contributed by atoms with Crippen molar-refractivity contribution in [3.63, 3.8) is 0 Å². The summed E-state index contributed by atoms with van der Waals surface area (Å²) in [7, 11) is 1.66. The number of rotatable bonds is 10. The minimum Gasteiger partial charge on any atom is -0.382 e. The monoisotopic (exact) mass is 554 g/mol. The standard InChI is InChI=1S/C30H31ClN8O/c1-19(2)39-17-26(37-38-39)29(21-10-7-11-33-15-21)35-23-12-24-28(22(14-32)16-34-30(24)25(31)13-23)36-27(18-40-3)20-8-5-4-6-9-20/h4-13,15-17,19,27,29,35,37-38H,18H2,1-3H3,(H,34,36)/t27-,29-/m0/s1. The summed E-state index contributed by atoms with van der Waals surface area (Å²) in [6.45, 7) is 4.61. The predicted octanol–water partition coefficient (Wildman–Crippen LogP) is 5.68. The Morgan fingerprint density at radius 1 is 1.07 bits per heavy atom. The molecule has 1 aliphatic rings. The molecule has 0 saturated heterocycles. The number of nitriles is 1. The van der Waals surface area contributed by atoms with Crippen molar-refractivity contribution < 1.29 is 4.74 Å². The van der Waals surface area contributed by atoms with Crippen molar-refractivity contribution in [1.29, 1.82) is 5.26 Å². The van der Waals surface area contributed by atoms with Crippen LogP contribution in [0.2, 0.25) is 5.02 Å². The molecule has 40 heavy (non-hydrogen) atoms. The first-order valence-electron chi connectivity index (χ1n) is 13.0. The van der Waals surface area contributed by atoms with Crippen LogP contribution in [0.1, 0.15) is 42.6 Å². The summed E-state index contributed by atoms with van der Waals surface area (Å²) < 4.78 is 5.52. The third-order valence-electron chi connectivity index (χ3n) is 6.70. The molecule has 1 aliphatic heterocycles. The van der Waals surface area contributed by atoms with E-state index in [4.69, 9.17) is 16.3 Å². The van der Waals surface area contributed by atoms with Gasteiger partial charge in [0.05, 0.1) is 46.2 Å². The van der Waals surface area contributed by atoms with E-state index in [0.29, 0.717) is 28.4 Å². The molecular weight excluding hydrogens is 524 g/mol. The summed E-state index contributed by atoms with van der Waals surface area (Å²) in [4.78, 5) is 8.85. The van der Waals surface area contributed by atoms with Crippen LogP contribution in [0.15, 0.2) is 85.1 Å². The Morgan fingerprint density at radius 2 is 1.88 bits per heavy atom. The maximum atomic E-state index is 9.99. The fourth-order valence-corrected chi connectivity index (χ4v) is 4.92. The van der Waals surface area contributed by atoms with Crippen molar-refractivity contribution in [3.8, 4) is 6.07 Å². The number of methoxy groups -OCH3 is 1. The Labute approximate surface area is 238 Å². The fraction of sp³-hybridized carbons (Fsp3) is 0.233. The molecule has 4 N–H and O–H groups in total. The first-order chi connectivity index (χ1) is 19.5. The largest absolute Gasteiger partial charge is 0.382 e. The van der Waals surface area contributed by atoms with Crippen molar-refractivity contribution in [2.75, 3.05) is 24.4 Å². The Balaban J connectivity index is 1.58. The Kier molecular flexibility index (Phi) is 8.31. The topological polar surface area (TPSA) is 110 Å². The molecule has 10 heteroatoms. The van der Waals surface area contributed by atoms with E-state index in [-0.39, 0.29) is 18.1 Å². The molecule has 0 unspecified atom stereocenters. The van der Waals surface area contributed by atoms with Crippen LogP contribution in [0.25, 0.3) is 10.9 Å². The third-order valence-corrected chi connectivity index (χ3v) is 6.99. The number of fused-ring (bicyclic) bond motifs is 1. The van der Waals surface area contributed by atoms with Crippen LogP contribution < -0.4 is 21.6 Å². The van der Waals surface area contributed by atoms with E-state index in [1.807, 2.05) is 72.0 Å². The lowest BCUT2D eigenvalue weighted by molar-refractivity contribution is 0.186. The van der Waals surface area contributed by atoms with Gasteiger partial charge >= 0.3 is 0 Å². The number of aromatic nitrogens is 2. The summed E-state index contributed by atoms with van der Waals surface area (Å²) >= 11 is 6.80. The highest BCUT2D eigenvalue weighted by Gasteiger charge is 2.25. The number of hydrogen-bond donors (Lipinski definition) is 4. The van der Waals surface area contributed by atoms with E-state index in [1.54, 1.807) is 19.5 Å². The lowest BCUT2D eigenvalue weighted by atomic mass is 10.0. The number of hydrazine groups is 2. The van der Waals surface area contributed by atoms with Gasteiger partial charge in [-0.05, 0) is 43.2 Å². The maximum Gasteiger partial charge on any atom is 0.103 e. The average Bonchev–Trinajstić information content (AvgIpc) is 3.47. The van der Waals surface area contributed by atoms with E-state index in [1.165, 1.54) is 0 Å². The molecule has 0 bridgehead atoms. The average molecular weight is 555 g/mol. The molecule has 9 nitrogen and oxygen atoms in total. The highest BCUT2D eigenvalue weighted by atomic mass is 35.5. The van der Waals surface area contributed by atoms with Crippen LogP contribution in [-0.4, -0.2) is 34.7 Å². The van der Waals surface area contributed by atoms with Crippen molar-refractivity contribution >= 4 is 33.9 Å². The first-order valence-corrected chi connectivity index (χ1v) is 13.4. The van der Waals surface area contributed by atoms with Crippen LogP contribution in [0.5, 0.6) is 0 Å². The highest BCUT2D eigenvalue weighted by molar-refractivity contribution is 6.35. The van der Waals surface area contributed by atoms with Gasteiger partial charge in [0, 0.05) is 49.0 Å². The zero-order valence-electron chi connectivity index (χ0n) is 22.5. The van der Waals surface area contributed by atoms with Gasteiger partial charge in [-0.15, -0.1) is 5.53 Å². The fourth-order valence-electron chi connectivity index (χ4n) is 4.65. The number of hydrogen-bond acceptors (Lipinski definition) is 9. The zero-order valence-corrected chi connectivity index (χ0v) is 23.3. The first kappa shape index (κ1) is 27.2. The summed E-state index contributed by atoms with van der Waals surface area (Å²) in [6, 6.07) is 19.8. The predicted molar refractivity (Wildman–Crippen MR) is 158 cm³/mol. The molecule has 0 amide bonds. The number of anilines is 2. The van der Waals surface area contributed by atoms with Crippen molar-refractivity contribution in [2.45, 2.75) is 32.0 Å². The molecule has 0 fully saturated rings. The lowest BCUT2D eigenvalue weighted by Crippen LogP contribution is -2.41. The molecule has 0 radical (unpaired) electrons. The molecule has 0 spiro atoms. The molecule has 3 heterocycles. The SMILES string of the molecule is COC[C@H](Nc1c(C#N)cnc2c(Cl)cc(N[C@H](C3=CN(C(C)C)NN3)c3cccnc3)cc12)c1ccccc1. The quantitative estimate of drug-likeness (QED) is 0.197. The van der Waals surface area contributed by atoms with Crippen LogP contribution in [0, 0.1) is 11.3 Å². The lowest BCUT2D eigenvalue weighted by Gasteiger charge is -2.23. The van der Waals surface area contributed by atoms with Gasteiger partial charge in [0.25, 0.3) is 0 Å². The van der Waals surface area contributed by atoms with E-state index in [2.05, 4.69) is 51.5 Å². The summed E-state index contributed by atoms with van der Waals surface area (Å²) in [6.07, 6.45) is 7.17. The summed E-state index contributed by atoms with van der Waals surface area (Å²) in [5, 5.41) is 20.4. The van der Waals surface area contributed by atoms with Crippen LogP contribution in [-0.2, 0) is 4.74 Å². The summed E-state index contributed by atoms with van der Waals surface area (Å²) in [5.74, 6) is 0. The molecule has 2 aromatic heterocycles. The van der Waals surface area contributed by atoms with Crippen LogP contribution in [0.4, 0.5) is 11.4 Å². The molecule has 2 atom stereocenters. The molecule has 204 valence electrons. The number of nitrogens with zero attached hydrogens (tertiary/aromatic N) is 4. The maximum absolute atomic E-state index is 9.99. The van der Waals surface area contributed by atoms with E-state index >= 15 is 0 Å². The van der Waals surface area contributed by atoms with Gasteiger partial charge in [-0.1, -0.05) is 48.0 Å². The normalized spacial score (nSPS) is 14.4. The number of halogens is 1.